The fourth-order valence-corrected chi connectivity index (χ4v) is 3.42. The van der Waals surface area contributed by atoms with Crippen molar-refractivity contribution in [3.63, 3.8) is 0 Å². The van der Waals surface area contributed by atoms with Crippen LogP contribution in [0, 0.1) is 0 Å². The second-order valence-electron chi connectivity index (χ2n) is 4.17. The maximum atomic E-state index is 9.89. The van der Waals surface area contributed by atoms with Crippen molar-refractivity contribution in [3.8, 4) is 5.88 Å². The van der Waals surface area contributed by atoms with Crippen LogP contribution in [-0.2, 0) is 0 Å². The molecule has 4 heteroatoms. The van der Waals surface area contributed by atoms with Gasteiger partial charge in [0.15, 0.2) is 5.88 Å². The van der Waals surface area contributed by atoms with Crippen LogP contribution in [0.15, 0.2) is 24.4 Å². The van der Waals surface area contributed by atoms with Gasteiger partial charge in [-0.05, 0) is 30.7 Å². The van der Waals surface area contributed by atoms with E-state index in [4.69, 9.17) is 0 Å². The molecule has 1 fully saturated rings. The summed E-state index contributed by atoms with van der Waals surface area (Å²) in [6.45, 7) is 0. The number of nitrogens with zero attached hydrogens (tertiary/aromatic N) is 2. The number of pyridine rings is 1. The zero-order valence-corrected chi connectivity index (χ0v) is 9.78. The van der Waals surface area contributed by atoms with Crippen molar-refractivity contribution in [1.29, 1.82) is 0 Å². The number of rotatable bonds is 1. The minimum absolute atomic E-state index is 0.292. The molecule has 3 rings (SSSR count). The van der Waals surface area contributed by atoms with Crippen LogP contribution in [0.5, 0.6) is 5.88 Å². The first kappa shape index (κ1) is 10.0. The molecule has 0 amide bonds. The van der Waals surface area contributed by atoms with E-state index in [1.165, 1.54) is 18.6 Å². The number of aromatic hydroxyl groups is 1. The zero-order chi connectivity index (χ0) is 11.0. The lowest BCUT2D eigenvalue weighted by Crippen LogP contribution is -2.12. The normalized spacial score (nSPS) is 21.4. The van der Waals surface area contributed by atoms with E-state index >= 15 is 0 Å². The minimum Gasteiger partial charge on any atom is -0.494 e. The van der Waals surface area contributed by atoms with Gasteiger partial charge in [0.1, 0.15) is 5.82 Å². The molecule has 2 aromatic rings. The van der Waals surface area contributed by atoms with Gasteiger partial charge < -0.3 is 5.11 Å². The molecule has 1 N–H and O–H groups in total. The number of hydrogen-bond donors (Lipinski definition) is 1. The van der Waals surface area contributed by atoms with Crippen LogP contribution in [0.1, 0.15) is 24.6 Å². The molecule has 1 atom stereocenters. The molecule has 84 valence electrons. The smallest absolute Gasteiger partial charge is 0.197 e. The molecule has 0 bridgehead atoms. The van der Waals surface area contributed by atoms with Crippen LogP contribution in [0.2, 0.25) is 0 Å². The first-order chi connectivity index (χ1) is 7.86. The molecule has 0 aliphatic carbocycles. The van der Waals surface area contributed by atoms with Gasteiger partial charge in [0.25, 0.3) is 0 Å². The SMILES string of the molecule is Oc1cccc2cnc(C3CCCSC3)n12. The van der Waals surface area contributed by atoms with E-state index in [9.17, 15) is 5.11 Å². The molecule has 0 saturated carbocycles. The minimum atomic E-state index is 0.292. The van der Waals surface area contributed by atoms with Gasteiger partial charge in [-0.3, -0.25) is 4.40 Å². The van der Waals surface area contributed by atoms with Crippen molar-refractivity contribution in [3.05, 3.63) is 30.2 Å². The van der Waals surface area contributed by atoms with Crippen molar-refractivity contribution < 1.29 is 5.11 Å². The van der Waals surface area contributed by atoms with Gasteiger partial charge >= 0.3 is 0 Å². The predicted molar refractivity (Wildman–Crippen MR) is 66.2 cm³/mol. The van der Waals surface area contributed by atoms with Crippen LogP contribution in [-0.4, -0.2) is 26.0 Å². The second-order valence-corrected chi connectivity index (χ2v) is 5.32. The standard InChI is InChI=1S/C12H14N2OS/c15-11-5-1-4-10-7-13-12(14(10)11)9-3-2-6-16-8-9/h1,4-5,7,9,15H,2-3,6,8H2. The van der Waals surface area contributed by atoms with Gasteiger partial charge in [-0.1, -0.05) is 6.07 Å². The van der Waals surface area contributed by atoms with Gasteiger partial charge in [-0.2, -0.15) is 11.8 Å². The van der Waals surface area contributed by atoms with Crippen molar-refractivity contribution in [2.45, 2.75) is 18.8 Å². The van der Waals surface area contributed by atoms with Crippen molar-refractivity contribution in [2.24, 2.45) is 0 Å². The molecule has 2 aromatic heterocycles. The third kappa shape index (κ3) is 1.57. The van der Waals surface area contributed by atoms with Gasteiger partial charge in [0.05, 0.1) is 11.7 Å². The average Bonchev–Trinajstić information content (AvgIpc) is 2.75. The highest BCUT2D eigenvalue weighted by atomic mass is 32.2. The topological polar surface area (TPSA) is 37.5 Å². The summed E-state index contributed by atoms with van der Waals surface area (Å²) in [6.07, 6.45) is 4.27. The van der Waals surface area contributed by atoms with Crippen LogP contribution in [0.25, 0.3) is 5.52 Å². The lowest BCUT2D eigenvalue weighted by molar-refractivity contribution is 0.439. The lowest BCUT2D eigenvalue weighted by atomic mass is 10.0. The molecule has 0 spiro atoms. The number of fused-ring (bicyclic) bond motifs is 1. The molecule has 1 aliphatic rings. The highest BCUT2D eigenvalue weighted by Crippen LogP contribution is 2.32. The molecule has 16 heavy (non-hydrogen) atoms. The molecule has 0 aromatic carbocycles. The lowest BCUT2D eigenvalue weighted by Gasteiger charge is -2.20. The molecule has 0 radical (unpaired) electrons. The molecule has 3 heterocycles. The fraction of sp³-hybridized carbons (Fsp3) is 0.417. The first-order valence-corrected chi connectivity index (χ1v) is 6.75. The van der Waals surface area contributed by atoms with Gasteiger partial charge in [-0.25, -0.2) is 4.98 Å². The van der Waals surface area contributed by atoms with Crippen LogP contribution in [0.3, 0.4) is 0 Å². The predicted octanol–water partition coefficient (Wildman–Crippen LogP) is 2.65. The molecule has 3 nitrogen and oxygen atoms in total. The average molecular weight is 234 g/mol. The van der Waals surface area contributed by atoms with E-state index in [1.54, 1.807) is 6.07 Å². The number of hydrogen-bond acceptors (Lipinski definition) is 3. The zero-order valence-electron chi connectivity index (χ0n) is 8.97. The van der Waals surface area contributed by atoms with Crippen LogP contribution < -0.4 is 0 Å². The Bertz CT molecular complexity index is 503. The molecule has 1 unspecified atom stereocenters. The molecular weight excluding hydrogens is 220 g/mol. The van der Waals surface area contributed by atoms with Gasteiger partial charge in [-0.15, -0.1) is 0 Å². The van der Waals surface area contributed by atoms with Crippen LogP contribution >= 0.6 is 11.8 Å². The van der Waals surface area contributed by atoms with Crippen molar-refractivity contribution in [2.75, 3.05) is 11.5 Å². The summed E-state index contributed by atoms with van der Waals surface area (Å²) in [5.74, 6) is 4.16. The summed E-state index contributed by atoms with van der Waals surface area (Å²) < 4.78 is 1.87. The summed E-state index contributed by atoms with van der Waals surface area (Å²) in [6, 6.07) is 5.55. The Hall–Kier alpha value is -1.16. The Kier molecular flexibility index (Phi) is 2.52. The van der Waals surface area contributed by atoms with E-state index < -0.39 is 0 Å². The molecule has 1 saturated heterocycles. The summed E-state index contributed by atoms with van der Waals surface area (Å²) in [7, 11) is 0. The molecule has 1 aliphatic heterocycles. The number of imidazole rings is 1. The van der Waals surface area contributed by atoms with Gasteiger partial charge in [0, 0.05) is 11.7 Å². The summed E-state index contributed by atoms with van der Waals surface area (Å²) in [5, 5.41) is 9.89. The van der Waals surface area contributed by atoms with E-state index in [1.807, 2.05) is 34.5 Å². The van der Waals surface area contributed by atoms with E-state index in [0.717, 1.165) is 17.1 Å². The van der Waals surface area contributed by atoms with Crippen molar-refractivity contribution >= 4 is 17.3 Å². The Morgan fingerprint density at radius 1 is 1.44 bits per heavy atom. The number of aromatic nitrogens is 2. The Labute approximate surface area is 98.5 Å². The largest absolute Gasteiger partial charge is 0.494 e. The summed E-state index contributed by atoms with van der Waals surface area (Å²) in [5.41, 5.74) is 0.977. The van der Waals surface area contributed by atoms with E-state index in [2.05, 4.69) is 4.98 Å². The second kappa shape index (κ2) is 4.01. The summed E-state index contributed by atoms with van der Waals surface area (Å²) in [4.78, 5) is 4.47. The van der Waals surface area contributed by atoms with Gasteiger partial charge in [0.2, 0.25) is 0 Å². The monoisotopic (exact) mass is 234 g/mol. The Morgan fingerprint density at radius 2 is 2.38 bits per heavy atom. The first-order valence-electron chi connectivity index (χ1n) is 5.59. The maximum absolute atomic E-state index is 9.89. The van der Waals surface area contributed by atoms with E-state index in [-0.39, 0.29) is 0 Å². The van der Waals surface area contributed by atoms with E-state index in [0.29, 0.717) is 11.8 Å². The molecular formula is C12H14N2OS. The third-order valence-electron chi connectivity index (χ3n) is 3.08. The maximum Gasteiger partial charge on any atom is 0.197 e. The third-order valence-corrected chi connectivity index (χ3v) is 4.30. The quantitative estimate of drug-likeness (QED) is 0.824. The number of thioether (sulfide) groups is 1. The van der Waals surface area contributed by atoms with Crippen molar-refractivity contribution in [1.82, 2.24) is 9.38 Å². The Balaban J connectivity index is 2.09. The Morgan fingerprint density at radius 3 is 3.19 bits per heavy atom. The highest BCUT2D eigenvalue weighted by Gasteiger charge is 2.21. The van der Waals surface area contributed by atoms with Crippen LogP contribution in [0.4, 0.5) is 0 Å². The summed E-state index contributed by atoms with van der Waals surface area (Å²) >= 11 is 1.98. The highest BCUT2D eigenvalue weighted by molar-refractivity contribution is 7.99. The fourth-order valence-electron chi connectivity index (χ4n) is 2.29.